The Morgan fingerprint density at radius 1 is 1.32 bits per heavy atom. The lowest BCUT2D eigenvalue weighted by Gasteiger charge is -2.23. The highest BCUT2D eigenvalue weighted by Crippen LogP contribution is 2.06. The first kappa shape index (κ1) is 15.7. The van der Waals surface area contributed by atoms with Crippen molar-refractivity contribution in [3.63, 3.8) is 0 Å². The molecule has 0 saturated carbocycles. The predicted octanol–water partition coefficient (Wildman–Crippen LogP) is 1.79. The summed E-state index contributed by atoms with van der Waals surface area (Å²) in [6.45, 7) is 5.86. The van der Waals surface area contributed by atoms with Crippen LogP contribution in [0.1, 0.15) is 25.8 Å². The van der Waals surface area contributed by atoms with E-state index in [0.29, 0.717) is 19.6 Å². The number of hydrogen-bond acceptors (Lipinski definition) is 3. The molecule has 0 bridgehead atoms. The van der Waals surface area contributed by atoms with Crippen LogP contribution in [0.15, 0.2) is 30.3 Å². The second kappa shape index (κ2) is 8.67. The lowest BCUT2D eigenvalue weighted by molar-refractivity contribution is -0.138. The molecule has 106 valence electrons. The van der Waals surface area contributed by atoms with Gasteiger partial charge in [0.05, 0.1) is 6.10 Å². The van der Waals surface area contributed by atoms with Crippen molar-refractivity contribution < 1.29 is 9.53 Å². The molecular formula is C15H24N2O2. The molecule has 0 aliphatic rings. The van der Waals surface area contributed by atoms with E-state index in [2.05, 4.69) is 0 Å². The largest absolute Gasteiger partial charge is 0.369 e. The van der Waals surface area contributed by atoms with Gasteiger partial charge in [0.25, 0.3) is 0 Å². The summed E-state index contributed by atoms with van der Waals surface area (Å²) < 4.78 is 5.38. The van der Waals surface area contributed by atoms with Crippen molar-refractivity contribution in [3.8, 4) is 0 Å². The summed E-state index contributed by atoms with van der Waals surface area (Å²) in [7, 11) is 0. The molecule has 0 spiro atoms. The maximum absolute atomic E-state index is 12.1. The molecule has 0 aromatic heterocycles. The normalized spacial score (nSPS) is 10.7. The number of ether oxygens (including phenoxy) is 1. The van der Waals surface area contributed by atoms with Gasteiger partial charge >= 0.3 is 0 Å². The number of carbonyl (C=O) groups is 1. The van der Waals surface area contributed by atoms with Crippen LogP contribution in [0.5, 0.6) is 0 Å². The van der Waals surface area contributed by atoms with Crippen molar-refractivity contribution in [2.45, 2.75) is 32.9 Å². The highest BCUT2D eigenvalue weighted by Gasteiger charge is 2.14. The van der Waals surface area contributed by atoms with Gasteiger partial charge in [0, 0.05) is 13.1 Å². The zero-order valence-electron chi connectivity index (χ0n) is 11.8. The van der Waals surface area contributed by atoms with Crippen molar-refractivity contribution in [2.24, 2.45) is 5.73 Å². The summed E-state index contributed by atoms with van der Waals surface area (Å²) >= 11 is 0. The van der Waals surface area contributed by atoms with Crippen molar-refractivity contribution in [1.29, 1.82) is 0 Å². The molecule has 0 atom stereocenters. The molecule has 0 radical (unpaired) electrons. The van der Waals surface area contributed by atoms with E-state index in [1.54, 1.807) is 0 Å². The van der Waals surface area contributed by atoms with Gasteiger partial charge < -0.3 is 15.4 Å². The van der Waals surface area contributed by atoms with E-state index >= 15 is 0 Å². The molecule has 0 saturated heterocycles. The zero-order valence-corrected chi connectivity index (χ0v) is 11.8. The van der Waals surface area contributed by atoms with Crippen molar-refractivity contribution in [2.75, 3.05) is 19.7 Å². The summed E-state index contributed by atoms with van der Waals surface area (Å²) in [4.78, 5) is 13.9. The van der Waals surface area contributed by atoms with Crippen LogP contribution in [0.2, 0.25) is 0 Å². The van der Waals surface area contributed by atoms with Crippen LogP contribution in [0.4, 0.5) is 0 Å². The van der Waals surface area contributed by atoms with E-state index in [-0.39, 0.29) is 18.6 Å². The van der Waals surface area contributed by atoms with E-state index in [0.717, 1.165) is 12.0 Å². The quantitative estimate of drug-likeness (QED) is 0.779. The topological polar surface area (TPSA) is 55.6 Å². The van der Waals surface area contributed by atoms with E-state index in [9.17, 15) is 4.79 Å². The van der Waals surface area contributed by atoms with Gasteiger partial charge in [0.2, 0.25) is 5.91 Å². The van der Waals surface area contributed by atoms with Gasteiger partial charge in [-0.25, -0.2) is 0 Å². The van der Waals surface area contributed by atoms with Gasteiger partial charge in [-0.2, -0.15) is 0 Å². The fourth-order valence-corrected chi connectivity index (χ4v) is 1.71. The molecular weight excluding hydrogens is 240 g/mol. The second-order valence-electron chi connectivity index (χ2n) is 4.80. The third-order valence-corrected chi connectivity index (χ3v) is 2.74. The number of benzene rings is 1. The first-order valence-corrected chi connectivity index (χ1v) is 6.77. The molecule has 0 heterocycles. The van der Waals surface area contributed by atoms with E-state index in [1.807, 2.05) is 49.1 Å². The Labute approximate surface area is 115 Å². The number of rotatable bonds is 8. The van der Waals surface area contributed by atoms with Crippen molar-refractivity contribution >= 4 is 5.91 Å². The Morgan fingerprint density at radius 3 is 2.58 bits per heavy atom. The van der Waals surface area contributed by atoms with Gasteiger partial charge in [0.1, 0.15) is 6.61 Å². The maximum atomic E-state index is 12.1. The number of nitrogens with zero attached hydrogens (tertiary/aromatic N) is 1. The van der Waals surface area contributed by atoms with Gasteiger partial charge in [-0.1, -0.05) is 30.3 Å². The molecule has 1 aromatic carbocycles. The van der Waals surface area contributed by atoms with E-state index in [4.69, 9.17) is 10.5 Å². The molecule has 0 unspecified atom stereocenters. The van der Waals surface area contributed by atoms with Crippen molar-refractivity contribution in [1.82, 2.24) is 4.90 Å². The van der Waals surface area contributed by atoms with Crippen LogP contribution < -0.4 is 5.73 Å². The van der Waals surface area contributed by atoms with Crippen molar-refractivity contribution in [3.05, 3.63) is 35.9 Å². The van der Waals surface area contributed by atoms with Crippen LogP contribution in [-0.4, -0.2) is 36.6 Å². The molecule has 19 heavy (non-hydrogen) atoms. The minimum atomic E-state index is 0.0194. The van der Waals surface area contributed by atoms with Gasteiger partial charge in [-0.3, -0.25) is 4.79 Å². The lowest BCUT2D eigenvalue weighted by Crippen LogP contribution is -2.35. The van der Waals surface area contributed by atoms with Crippen LogP contribution in [0.3, 0.4) is 0 Å². The third kappa shape index (κ3) is 6.36. The molecule has 1 rings (SSSR count). The minimum Gasteiger partial charge on any atom is -0.369 e. The molecule has 2 N–H and O–H groups in total. The first-order valence-electron chi connectivity index (χ1n) is 6.77. The van der Waals surface area contributed by atoms with Crippen LogP contribution >= 0.6 is 0 Å². The Balaban J connectivity index is 2.57. The van der Waals surface area contributed by atoms with E-state index in [1.165, 1.54) is 0 Å². The number of carbonyl (C=O) groups excluding carboxylic acids is 1. The van der Waals surface area contributed by atoms with Crippen LogP contribution in [0.25, 0.3) is 0 Å². The zero-order chi connectivity index (χ0) is 14.1. The Hall–Kier alpha value is -1.39. The third-order valence-electron chi connectivity index (χ3n) is 2.74. The minimum absolute atomic E-state index is 0.0194. The lowest BCUT2D eigenvalue weighted by atomic mass is 10.2. The summed E-state index contributed by atoms with van der Waals surface area (Å²) in [5, 5.41) is 0. The molecule has 1 amide bonds. The molecule has 0 aliphatic carbocycles. The van der Waals surface area contributed by atoms with Gasteiger partial charge in [0.15, 0.2) is 0 Å². The highest BCUT2D eigenvalue weighted by molar-refractivity contribution is 5.77. The van der Waals surface area contributed by atoms with Crippen LogP contribution in [0, 0.1) is 0 Å². The predicted molar refractivity (Wildman–Crippen MR) is 76.6 cm³/mol. The Bertz CT molecular complexity index is 366. The van der Waals surface area contributed by atoms with E-state index < -0.39 is 0 Å². The number of hydrogen-bond donors (Lipinski definition) is 1. The van der Waals surface area contributed by atoms with Crippen LogP contribution in [-0.2, 0) is 16.1 Å². The molecule has 0 aliphatic heterocycles. The summed E-state index contributed by atoms with van der Waals surface area (Å²) in [6.07, 6.45) is 0.873. The average molecular weight is 264 g/mol. The first-order chi connectivity index (χ1) is 9.13. The summed E-state index contributed by atoms with van der Waals surface area (Å²) in [6, 6.07) is 9.96. The Kier molecular flexibility index (Phi) is 7.15. The summed E-state index contributed by atoms with van der Waals surface area (Å²) in [5.41, 5.74) is 6.65. The Morgan fingerprint density at radius 2 is 2.00 bits per heavy atom. The number of nitrogens with two attached hydrogens (primary N) is 1. The highest BCUT2D eigenvalue weighted by atomic mass is 16.5. The standard InChI is InChI=1S/C15H24N2O2/c1-13(2)19-12-15(18)17(10-6-9-16)11-14-7-4-3-5-8-14/h3-5,7-8,13H,6,9-12,16H2,1-2H3. The monoisotopic (exact) mass is 264 g/mol. The smallest absolute Gasteiger partial charge is 0.248 e. The molecule has 1 aromatic rings. The molecule has 0 fully saturated rings. The fourth-order valence-electron chi connectivity index (χ4n) is 1.71. The average Bonchev–Trinajstić information content (AvgIpc) is 2.41. The fraction of sp³-hybridized carbons (Fsp3) is 0.533. The van der Waals surface area contributed by atoms with Gasteiger partial charge in [-0.15, -0.1) is 0 Å². The SMILES string of the molecule is CC(C)OCC(=O)N(CCCN)Cc1ccccc1. The summed E-state index contributed by atoms with van der Waals surface area (Å²) in [5.74, 6) is 0.0194. The molecule has 4 nitrogen and oxygen atoms in total. The van der Waals surface area contributed by atoms with Gasteiger partial charge in [-0.05, 0) is 32.4 Å². The molecule has 4 heteroatoms. The maximum Gasteiger partial charge on any atom is 0.248 e. The second-order valence-corrected chi connectivity index (χ2v) is 4.80. The number of amides is 1.